The molecule has 5 rings (SSSR count). The molecule has 1 unspecified atom stereocenters. The van der Waals surface area contributed by atoms with Crippen molar-refractivity contribution in [3.63, 3.8) is 0 Å². The number of fused-ring (bicyclic) bond motifs is 2. The first-order valence-electron chi connectivity index (χ1n) is 31.0. The van der Waals surface area contributed by atoms with E-state index < -0.39 is 119 Å². The third-order valence-corrected chi connectivity index (χ3v) is 18.1. The van der Waals surface area contributed by atoms with Crippen molar-refractivity contribution in [2.75, 3.05) is 39.3 Å². The average Bonchev–Trinajstić information content (AvgIpc) is 1.34. The number of cyclic esters (lactones) is 1. The number of hydrogen-bond donors (Lipinski definition) is 6. The van der Waals surface area contributed by atoms with Crippen molar-refractivity contribution in [3.05, 3.63) is 105 Å². The average molecular weight is 1360 g/mol. The molecule has 2 heterocycles. The van der Waals surface area contributed by atoms with E-state index in [-0.39, 0.29) is 79.4 Å². The van der Waals surface area contributed by atoms with Gasteiger partial charge in [-0.1, -0.05) is 77.5 Å². The van der Waals surface area contributed by atoms with Crippen LogP contribution in [0.2, 0.25) is 0 Å². The maximum atomic E-state index is 15.1. The summed E-state index contributed by atoms with van der Waals surface area (Å²) in [6, 6.07) is 5.73. The van der Waals surface area contributed by atoms with Crippen molar-refractivity contribution >= 4 is 69.1 Å². The summed E-state index contributed by atoms with van der Waals surface area (Å²) in [4.78, 5) is 87.6. The zero-order valence-corrected chi connectivity index (χ0v) is 55.2. The molecule has 1 saturated carbocycles. The molecule has 2 aromatic rings. The number of hydroxylamine groups is 1. The molecule has 1 aliphatic carbocycles. The Kier molecular flexibility index (Phi) is 30.3. The Bertz CT molecular complexity index is 2850. The number of carbonyl (C=O) groups excluding carboxylic acids is 6. The lowest BCUT2D eigenvalue weighted by atomic mass is 9.78. The quantitative estimate of drug-likeness (QED) is 0.0338. The molecule has 22 heteroatoms. The summed E-state index contributed by atoms with van der Waals surface area (Å²) in [5.74, 6) is -8.89. The Morgan fingerprint density at radius 1 is 0.876 bits per heavy atom. The van der Waals surface area contributed by atoms with E-state index in [1.807, 2.05) is 62.4 Å². The number of hydrogen-bond acceptors (Lipinski definition) is 16. The van der Waals surface area contributed by atoms with E-state index in [0.29, 0.717) is 72.5 Å². The number of amides is 2. The number of benzene rings is 2. The first-order chi connectivity index (χ1) is 42.2. The van der Waals surface area contributed by atoms with Gasteiger partial charge in [0.05, 0.1) is 48.0 Å². The van der Waals surface area contributed by atoms with Crippen LogP contribution in [0.15, 0.2) is 77.9 Å². The molecule has 0 spiro atoms. The number of aliphatic hydroxyl groups excluding tert-OH is 3. The molecule has 6 N–H and O–H groups in total. The maximum Gasteiger partial charge on any atom is 0.306 e. The number of aliphatic hydroxyl groups is 3. The van der Waals surface area contributed by atoms with Gasteiger partial charge in [0.2, 0.25) is 0 Å². The molecule has 89 heavy (non-hydrogen) atoms. The molecule has 2 fully saturated rings. The number of carbonyl (C=O) groups is 6. The number of methoxy groups -OCH3 is 2. The first-order valence-corrected chi connectivity index (χ1v) is 32.0. The normalized spacial score (nSPS) is 31.8. The molecule has 2 aliphatic heterocycles. The Balaban J connectivity index is 1.32. The largest absolute Gasteiger partial charge is 0.462 e. The van der Waals surface area contributed by atoms with Crippen LogP contribution in [0.4, 0.5) is 24.5 Å². The topological polar surface area (TPSA) is 255 Å². The molecule has 18 nitrogen and oxygen atoms in total. The summed E-state index contributed by atoms with van der Waals surface area (Å²) < 4.78 is 74.8. The lowest BCUT2D eigenvalue weighted by Gasteiger charge is -2.42. The third-order valence-electron chi connectivity index (χ3n) is 17.5. The Morgan fingerprint density at radius 2 is 1.62 bits per heavy atom. The van der Waals surface area contributed by atoms with Gasteiger partial charge in [-0.25, -0.2) is 18.7 Å². The van der Waals surface area contributed by atoms with Crippen LogP contribution >= 0.6 is 22.6 Å². The van der Waals surface area contributed by atoms with E-state index in [9.17, 15) is 52.9 Å². The summed E-state index contributed by atoms with van der Waals surface area (Å²) in [6.07, 6.45) is 9.34. The number of ketones is 3. The molecule has 0 aromatic heterocycles. The van der Waals surface area contributed by atoms with Crippen LogP contribution in [0.1, 0.15) is 149 Å². The van der Waals surface area contributed by atoms with Crippen molar-refractivity contribution in [3.8, 4) is 0 Å². The minimum absolute atomic E-state index is 0.0408. The van der Waals surface area contributed by atoms with Crippen LogP contribution in [0.25, 0.3) is 0 Å². The molecule has 1 saturated heterocycles. The smallest absolute Gasteiger partial charge is 0.306 e. The van der Waals surface area contributed by atoms with Crippen LogP contribution in [0, 0.1) is 56.5 Å². The summed E-state index contributed by atoms with van der Waals surface area (Å²) in [6.45, 7) is 13.5. The van der Waals surface area contributed by atoms with Gasteiger partial charge in [-0.15, -0.1) is 0 Å². The van der Waals surface area contributed by atoms with Gasteiger partial charge >= 0.3 is 5.97 Å². The fourth-order valence-corrected chi connectivity index (χ4v) is 12.2. The molecule has 2 aromatic carbocycles. The molecule has 494 valence electrons. The van der Waals surface area contributed by atoms with Gasteiger partial charge in [0.25, 0.3) is 17.6 Å². The van der Waals surface area contributed by atoms with Crippen LogP contribution < -0.4 is 16.1 Å². The Hall–Kier alpha value is -5.18. The molecular weight excluding hydrogens is 1270 g/mol. The SMILES string of the molecule is CO[C@@H]1C[C@@H](CC(C)[C@@H]2CC(=O)[C@H](C)/C=C(\C)[C@@H](O)[C@@H](OC)C(=O)[C@H](C)C[C@H](C)/C=C/C=C/C=C(/C)[C@@H](OC[C@@H](O)CONC(=O)c3ccc(F)c(F)c3Nc3ccc(I)cc3F)C[C@@H]3CC[C@@H](C)[C@@](C)(O3)C(=O)C(=O)NCCCCCC(=O)O2)CC[C@H]1O. The fourth-order valence-electron chi connectivity index (χ4n) is 11.7. The van der Waals surface area contributed by atoms with Gasteiger partial charge < -0.3 is 49.6 Å². The highest BCUT2D eigenvalue weighted by Crippen LogP contribution is 2.38. The highest BCUT2D eigenvalue weighted by molar-refractivity contribution is 14.1. The van der Waals surface area contributed by atoms with Crippen LogP contribution in [-0.4, -0.2) is 139 Å². The summed E-state index contributed by atoms with van der Waals surface area (Å²) in [5.41, 5.74) is 0.384. The zero-order chi connectivity index (χ0) is 65.7. The van der Waals surface area contributed by atoms with Crippen molar-refractivity contribution in [2.45, 2.75) is 193 Å². The van der Waals surface area contributed by atoms with Crippen LogP contribution in [0.5, 0.6) is 0 Å². The second-order valence-corrected chi connectivity index (χ2v) is 25.9. The van der Waals surface area contributed by atoms with Crippen LogP contribution in [-0.2, 0) is 52.5 Å². The number of esters is 1. The van der Waals surface area contributed by atoms with E-state index in [0.717, 1.165) is 18.6 Å². The molecular formula is C67H93F3IN3O15. The Morgan fingerprint density at radius 3 is 2.33 bits per heavy atom. The predicted molar refractivity (Wildman–Crippen MR) is 338 cm³/mol. The highest BCUT2D eigenvalue weighted by atomic mass is 127. The van der Waals surface area contributed by atoms with Gasteiger partial charge in [-0.3, -0.25) is 33.6 Å². The summed E-state index contributed by atoms with van der Waals surface area (Å²) >= 11 is 1.89. The molecule has 2 amide bonds. The number of nitrogens with one attached hydrogen (secondary N) is 3. The molecule has 3 aliphatic rings. The predicted octanol–water partition coefficient (Wildman–Crippen LogP) is 10.4. The number of anilines is 2. The zero-order valence-electron chi connectivity index (χ0n) is 53.0. The lowest BCUT2D eigenvalue weighted by Crippen LogP contribution is -2.55. The summed E-state index contributed by atoms with van der Waals surface area (Å²) in [5, 5.41) is 38.2. The van der Waals surface area contributed by atoms with E-state index in [2.05, 4.69) is 16.1 Å². The van der Waals surface area contributed by atoms with Crippen LogP contribution in [0.3, 0.4) is 0 Å². The monoisotopic (exact) mass is 1360 g/mol. The van der Waals surface area contributed by atoms with Crippen molar-refractivity contribution in [1.29, 1.82) is 0 Å². The summed E-state index contributed by atoms with van der Waals surface area (Å²) in [7, 11) is 2.92. The standard InChI is InChI=1S/C67H93F3IN3O15/c1-38-17-13-11-14-18-39(2)55(86-36-47(75)37-87-74-65(82)49-24-25-50(68)59(70)60(49)73-52-26-22-46(71)33-51(52)69)34-48-23-20-44(7)67(8,89-48)64(81)66(83)72-28-16-12-15-19-58(78)88-56(41(4)31-45-21-27-53(76)57(32-45)84-9)35-54(77)40(3)30-43(6)62(80)63(85-10)61(79)42(5)29-38/h11,13-14,17-18,22,24-26,30,33,38,40-42,44-45,47-48,53,55-57,62-63,73,75-76,80H,12,15-16,19-21,23,27-29,31-32,34-37H2,1-10H3,(H,72,83)(H,74,82)/b14-11+,17-13+,39-18-,43-30+/t38-,40-,41?,42-,44-,45-,47-,48+,53-,55+,56+,57-,62-,63+,67-/m1/s1. The van der Waals surface area contributed by atoms with Gasteiger partial charge in [0.15, 0.2) is 17.4 Å². The van der Waals surface area contributed by atoms with Crippen molar-refractivity contribution in [2.24, 2.45) is 35.5 Å². The third kappa shape index (κ3) is 22.3. The lowest BCUT2D eigenvalue weighted by molar-refractivity contribution is -0.180. The van der Waals surface area contributed by atoms with Gasteiger partial charge in [0.1, 0.15) is 48.2 Å². The minimum atomic E-state index is -1.52. The Labute approximate surface area is 535 Å². The molecule has 0 radical (unpaired) electrons. The van der Waals surface area contributed by atoms with E-state index in [1.165, 1.54) is 25.3 Å². The highest BCUT2D eigenvalue weighted by Gasteiger charge is 2.48. The van der Waals surface area contributed by atoms with Gasteiger partial charge in [-0.05, 0) is 166 Å². The number of halogens is 4. The van der Waals surface area contributed by atoms with Crippen molar-refractivity contribution in [1.82, 2.24) is 10.8 Å². The van der Waals surface area contributed by atoms with E-state index in [4.69, 9.17) is 28.5 Å². The number of rotatable bonds is 14. The first kappa shape index (κ1) is 74.5. The molecule has 2 bridgehead atoms. The number of ether oxygens (including phenoxy) is 5. The number of Topliss-reactive ketones (excluding diaryl/α,β-unsaturated/α-hetero) is 3. The van der Waals surface area contributed by atoms with Gasteiger partial charge in [0, 0.05) is 55.4 Å². The number of allylic oxidation sites excluding steroid dienone is 6. The minimum Gasteiger partial charge on any atom is -0.462 e. The second-order valence-electron chi connectivity index (χ2n) is 24.6. The fraction of sp³-hybridized carbons (Fsp3) is 0.612. The maximum absolute atomic E-state index is 15.1. The van der Waals surface area contributed by atoms with Crippen molar-refractivity contribution < 1.29 is 85.8 Å². The second kappa shape index (κ2) is 36.2. The molecule has 15 atom stereocenters. The van der Waals surface area contributed by atoms with E-state index in [1.54, 1.807) is 59.1 Å². The van der Waals surface area contributed by atoms with E-state index >= 15 is 4.39 Å². The van der Waals surface area contributed by atoms with Gasteiger partial charge in [-0.2, -0.15) is 0 Å².